The Bertz CT molecular complexity index is 199. The molecule has 15 heavy (non-hydrogen) atoms. The van der Waals surface area contributed by atoms with E-state index in [9.17, 15) is 4.79 Å². The Balaban J connectivity index is 0.00000196. The van der Waals surface area contributed by atoms with Gasteiger partial charge in [0.2, 0.25) is 0 Å². The molecular formula is C11H22ClNO2. The Hall–Kier alpha value is -0.280. The number of hydrogen-bond donors (Lipinski definition) is 1. The monoisotopic (exact) mass is 235 g/mol. The van der Waals surface area contributed by atoms with Gasteiger partial charge in [-0.05, 0) is 39.3 Å². The Morgan fingerprint density at radius 2 is 2.20 bits per heavy atom. The first-order chi connectivity index (χ1) is 6.61. The Morgan fingerprint density at radius 3 is 2.73 bits per heavy atom. The van der Waals surface area contributed by atoms with E-state index in [1.807, 2.05) is 0 Å². The van der Waals surface area contributed by atoms with Crippen LogP contribution < -0.4 is 0 Å². The number of aliphatic carboxylic acids is 1. The number of likely N-dealkylation sites (tertiary alicyclic amines) is 1. The maximum absolute atomic E-state index is 10.6. The van der Waals surface area contributed by atoms with Crippen molar-refractivity contribution in [2.24, 2.45) is 5.92 Å². The fraction of sp³-hybridized carbons (Fsp3) is 0.909. The number of carbonyl (C=O) groups is 1. The lowest BCUT2D eigenvalue weighted by molar-refractivity contribution is -0.141. The van der Waals surface area contributed by atoms with E-state index < -0.39 is 5.97 Å². The molecule has 1 rings (SSSR count). The van der Waals surface area contributed by atoms with E-state index in [1.165, 1.54) is 19.3 Å². The fourth-order valence-corrected chi connectivity index (χ4v) is 1.97. The summed E-state index contributed by atoms with van der Waals surface area (Å²) in [6.07, 6.45) is 4.64. The molecule has 4 heteroatoms. The van der Waals surface area contributed by atoms with Gasteiger partial charge in [-0.2, -0.15) is 0 Å². The Kier molecular flexibility index (Phi) is 6.94. The summed E-state index contributed by atoms with van der Waals surface area (Å²) in [4.78, 5) is 13.1. The smallest absolute Gasteiger partial charge is 0.306 e. The molecule has 3 nitrogen and oxygen atoms in total. The quantitative estimate of drug-likeness (QED) is 0.814. The molecule has 1 heterocycles. The number of piperidine rings is 1. The number of nitrogens with zero attached hydrogens (tertiary/aromatic N) is 1. The molecule has 0 amide bonds. The van der Waals surface area contributed by atoms with Crippen LogP contribution in [0.25, 0.3) is 0 Å². The van der Waals surface area contributed by atoms with E-state index in [0.29, 0.717) is 6.04 Å². The molecule has 0 radical (unpaired) electrons. The lowest BCUT2D eigenvalue weighted by Gasteiger charge is -2.33. The second-order valence-electron chi connectivity index (χ2n) is 4.41. The van der Waals surface area contributed by atoms with Crippen LogP contribution in [0.5, 0.6) is 0 Å². The minimum Gasteiger partial charge on any atom is -0.481 e. The van der Waals surface area contributed by atoms with Gasteiger partial charge in [0, 0.05) is 6.04 Å². The highest BCUT2D eigenvalue weighted by molar-refractivity contribution is 5.85. The van der Waals surface area contributed by atoms with Gasteiger partial charge in [-0.1, -0.05) is 13.3 Å². The lowest BCUT2D eigenvalue weighted by atomic mass is 10.0. The molecule has 1 N–H and O–H groups in total. The van der Waals surface area contributed by atoms with Crippen LogP contribution in [-0.4, -0.2) is 35.1 Å². The predicted molar refractivity (Wildman–Crippen MR) is 63.6 cm³/mol. The van der Waals surface area contributed by atoms with Gasteiger partial charge in [0.25, 0.3) is 0 Å². The summed E-state index contributed by atoms with van der Waals surface area (Å²) >= 11 is 0. The molecule has 0 aromatic rings. The highest BCUT2D eigenvalue weighted by atomic mass is 35.5. The molecule has 1 saturated heterocycles. The van der Waals surface area contributed by atoms with Crippen LogP contribution >= 0.6 is 12.4 Å². The molecular weight excluding hydrogens is 214 g/mol. The van der Waals surface area contributed by atoms with E-state index >= 15 is 0 Å². The minimum atomic E-state index is -0.672. The van der Waals surface area contributed by atoms with Crippen LogP contribution in [0.2, 0.25) is 0 Å². The van der Waals surface area contributed by atoms with Crippen molar-refractivity contribution in [1.29, 1.82) is 0 Å². The van der Waals surface area contributed by atoms with Gasteiger partial charge in [0.15, 0.2) is 0 Å². The number of hydrogen-bond acceptors (Lipinski definition) is 2. The summed E-state index contributed by atoms with van der Waals surface area (Å²) in [6, 6.07) is 0.643. The number of rotatable bonds is 4. The van der Waals surface area contributed by atoms with Crippen LogP contribution in [0.3, 0.4) is 0 Å². The van der Waals surface area contributed by atoms with Crippen LogP contribution in [0.15, 0.2) is 0 Å². The first kappa shape index (κ1) is 14.7. The van der Waals surface area contributed by atoms with Crippen molar-refractivity contribution in [1.82, 2.24) is 4.90 Å². The Morgan fingerprint density at radius 1 is 1.53 bits per heavy atom. The van der Waals surface area contributed by atoms with E-state index in [4.69, 9.17) is 5.11 Å². The lowest BCUT2D eigenvalue weighted by Crippen LogP contribution is -2.38. The second kappa shape index (κ2) is 7.07. The van der Waals surface area contributed by atoms with Gasteiger partial charge in [0.05, 0.1) is 5.92 Å². The van der Waals surface area contributed by atoms with Crippen molar-refractivity contribution in [2.75, 3.05) is 13.1 Å². The van der Waals surface area contributed by atoms with Gasteiger partial charge in [-0.3, -0.25) is 4.79 Å². The summed E-state index contributed by atoms with van der Waals surface area (Å²) in [5.41, 5.74) is 0. The third-order valence-corrected chi connectivity index (χ3v) is 3.21. The summed E-state index contributed by atoms with van der Waals surface area (Å²) in [5.74, 6) is -0.876. The van der Waals surface area contributed by atoms with Crippen molar-refractivity contribution >= 4 is 18.4 Å². The zero-order chi connectivity index (χ0) is 10.6. The molecule has 2 atom stereocenters. The molecule has 1 aliphatic rings. The van der Waals surface area contributed by atoms with E-state index in [-0.39, 0.29) is 18.3 Å². The summed E-state index contributed by atoms with van der Waals surface area (Å²) in [5, 5.41) is 8.76. The number of halogens is 1. The second-order valence-corrected chi connectivity index (χ2v) is 4.41. The maximum Gasteiger partial charge on any atom is 0.306 e. The fourth-order valence-electron chi connectivity index (χ4n) is 1.97. The maximum atomic E-state index is 10.6. The molecule has 0 aromatic heterocycles. The molecule has 1 fully saturated rings. The van der Waals surface area contributed by atoms with Crippen molar-refractivity contribution in [2.45, 2.75) is 45.6 Å². The average molecular weight is 236 g/mol. The molecule has 90 valence electrons. The highest BCUT2D eigenvalue weighted by Crippen LogP contribution is 2.17. The van der Waals surface area contributed by atoms with Crippen molar-refractivity contribution in [3.63, 3.8) is 0 Å². The molecule has 0 bridgehead atoms. The highest BCUT2D eigenvalue weighted by Gasteiger charge is 2.19. The minimum absolute atomic E-state index is 0. The third kappa shape index (κ3) is 4.85. The standard InChI is InChI=1S/C11H21NO2.ClH/c1-9(11(13)14)6-8-12-7-4-3-5-10(12)2;/h9-10H,3-8H2,1-2H3,(H,13,14);1H. The first-order valence-corrected chi connectivity index (χ1v) is 5.58. The van der Waals surface area contributed by atoms with Gasteiger partial charge < -0.3 is 10.0 Å². The van der Waals surface area contributed by atoms with Crippen molar-refractivity contribution < 1.29 is 9.90 Å². The van der Waals surface area contributed by atoms with E-state index in [2.05, 4.69) is 11.8 Å². The summed E-state index contributed by atoms with van der Waals surface area (Å²) in [7, 11) is 0. The predicted octanol–water partition coefficient (Wildman–Crippen LogP) is 2.39. The SMILES string of the molecule is CC(CCN1CCCCC1C)C(=O)O.Cl. The van der Waals surface area contributed by atoms with Crippen LogP contribution in [0, 0.1) is 5.92 Å². The summed E-state index contributed by atoms with van der Waals surface area (Å²) in [6.45, 7) is 6.11. The number of carboxylic acid groups (broad SMARTS) is 1. The average Bonchev–Trinajstić information content (AvgIpc) is 2.16. The van der Waals surface area contributed by atoms with E-state index in [1.54, 1.807) is 6.92 Å². The van der Waals surface area contributed by atoms with Crippen molar-refractivity contribution in [3.05, 3.63) is 0 Å². The van der Waals surface area contributed by atoms with Crippen LogP contribution in [0.4, 0.5) is 0 Å². The van der Waals surface area contributed by atoms with Gasteiger partial charge in [-0.15, -0.1) is 12.4 Å². The van der Waals surface area contributed by atoms with Crippen LogP contribution in [-0.2, 0) is 4.79 Å². The number of carboxylic acids is 1. The van der Waals surface area contributed by atoms with Crippen molar-refractivity contribution in [3.8, 4) is 0 Å². The molecule has 1 aliphatic heterocycles. The van der Waals surface area contributed by atoms with E-state index in [0.717, 1.165) is 19.5 Å². The topological polar surface area (TPSA) is 40.5 Å². The zero-order valence-electron chi connectivity index (χ0n) is 9.61. The van der Waals surface area contributed by atoms with Gasteiger partial charge in [0.1, 0.15) is 0 Å². The molecule has 0 aliphatic carbocycles. The molecule has 0 saturated carbocycles. The van der Waals surface area contributed by atoms with Gasteiger partial charge >= 0.3 is 5.97 Å². The molecule has 2 unspecified atom stereocenters. The molecule has 0 aromatic carbocycles. The summed E-state index contributed by atoms with van der Waals surface area (Å²) < 4.78 is 0. The zero-order valence-corrected chi connectivity index (χ0v) is 10.4. The van der Waals surface area contributed by atoms with Crippen LogP contribution in [0.1, 0.15) is 39.5 Å². The van der Waals surface area contributed by atoms with Gasteiger partial charge in [-0.25, -0.2) is 0 Å². The third-order valence-electron chi connectivity index (χ3n) is 3.21. The Labute approximate surface area is 98.3 Å². The first-order valence-electron chi connectivity index (χ1n) is 5.58. The normalized spacial score (nSPS) is 24.3. The molecule has 0 spiro atoms. The largest absolute Gasteiger partial charge is 0.481 e.